The van der Waals surface area contributed by atoms with E-state index in [0.29, 0.717) is 6.07 Å². The third kappa shape index (κ3) is 3.19. The number of halogens is 4. The second kappa shape index (κ2) is 4.92. The minimum atomic E-state index is -4.81. The van der Waals surface area contributed by atoms with Crippen LogP contribution in [0.4, 0.5) is 24.5 Å². The second-order valence-electron chi connectivity index (χ2n) is 3.28. The summed E-state index contributed by atoms with van der Waals surface area (Å²) in [6.07, 6.45) is -4.81. The molecule has 0 saturated carbocycles. The largest absolute Gasteiger partial charge is 0.418 e. The summed E-state index contributed by atoms with van der Waals surface area (Å²) in [5, 5.41) is 12.5. The summed E-state index contributed by atoms with van der Waals surface area (Å²) >= 11 is 2.76. The highest BCUT2D eigenvalue weighted by Gasteiger charge is 2.37. The molecule has 1 N–H and O–H groups in total. The molecule has 0 aliphatic rings. The van der Waals surface area contributed by atoms with Gasteiger partial charge < -0.3 is 5.32 Å². The highest BCUT2D eigenvalue weighted by Crippen LogP contribution is 2.41. The van der Waals surface area contributed by atoms with Crippen molar-refractivity contribution in [3.05, 3.63) is 32.3 Å². The first-order valence-electron chi connectivity index (χ1n) is 4.45. The quantitative estimate of drug-likeness (QED) is 0.669. The molecule has 1 aromatic rings. The lowest BCUT2D eigenvalue weighted by Gasteiger charge is -2.13. The summed E-state index contributed by atoms with van der Waals surface area (Å²) in [4.78, 5) is 20.5. The molecule has 0 aliphatic heterocycles. The van der Waals surface area contributed by atoms with E-state index in [2.05, 4.69) is 15.9 Å². The maximum absolute atomic E-state index is 12.7. The minimum absolute atomic E-state index is 0.101. The molecule has 0 atom stereocenters. The molecule has 1 amide bonds. The van der Waals surface area contributed by atoms with Crippen molar-refractivity contribution in [2.75, 3.05) is 5.32 Å². The Hall–Kier alpha value is -1.64. The standard InChI is InChI=1S/C9H6BrF3N2O3/c1-4(16)14-8-6(9(11,12)13)2-5(10)3-7(8)15(17)18/h2-3H,1H3,(H,14,16). The first-order chi connectivity index (χ1) is 8.12. The van der Waals surface area contributed by atoms with Crippen molar-refractivity contribution in [3.63, 3.8) is 0 Å². The maximum atomic E-state index is 12.7. The SMILES string of the molecule is CC(=O)Nc1c([N+](=O)[O-])cc(Br)cc1C(F)(F)F. The Morgan fingerprint density at radius 1 is 1.44 bits per heavy atom. The summed E-state index contributed by atoms with van der Waals surface area (Å²) in [6, 6.07) is 1.55. The Balaban J connectivity index is 3.57. The van der Waals surface area contributed by atoms with Crippen LogP contribution in [0.2, 0.25) is 0 Å². The summed E-state index contributed by atoms with van der Waals surface area (Å²) in [5.74, 6) is -0.828. The summed E-state index contributed by atoms with van der Waals surface area (Å²) in [5.41, 5.74) is -2.96. The van der Waals surface area contributed by atoms with Crippen molar-refractivity contribution in [2.24, 2.45) is 0 Å². The van der Waals surface area contributed by atoms with Crippen LogP contribution in [0, 0.1) is 10.1 Å². The number of carbonyl (C=O) groups excluding carboxylic acids is 1. The van der Waals surface area contributed by atoms with Crippen LogP contribution in [0.3, 0.4) is 0 Å². The van der Waals surface area contributed by atoms with Crippen LogP contribution < -0.4 is 5.32 Å². The fraction of sp³-hybridized carbons (Fsp3) is 0.222. The summed E-state index contributed by atoms with van der Waals surface area (Å²) in [6.45, 7) is 0.964. The molecule has 0 fully saturated rings. The number of nitro groups is 1. The van der Waals surface area contributed by atoms with E-state index in [4.69, 9.17) is 0 Å². The van der Waals surface area contributed by atoms with Gasteiger partial charge in [0.15, 0.2) is 0 Å². The Labute approximate surface area is 107 Å². The average molecular weight is 327 g/mol. The van der Waals surface area contributed by atoms with Gasteiger partial charge in [0.2, 0.25) is 5.91 Å². The van der Waals surface area contributed by atoms with Gasteiger partial charge in [-0.1, -0.05) is 15.9 Å². The molecule has 0 aliphatic carbocycles. The van der Waals surface area contributed by atoms with Crippen molar-refractivity contribution in [2.45, 2.75) is 13.1 Å². The zero-order valence-corrected chi connectivity index (χ0v) is 10.4. The van der Waals surface area contributed by atoms with Crippen LogP contribution >= 0.6 is 15.9 Å². The Kier molecular flexibility index (Phi) is 3.95. The van der Waals surface area contributed by atoms with Gasteiger partial charge in [-0.25, -0.2) is 0 Å². The van der Waals surface area contributed by atoms with E-state index in [1.165, 1.54) is 0 Å². The number of nitrogens with one attached hydrogen (secondary N) is 1. The smallest absolute Gasteiger partial charge is 0.320 e. The molecule has 0 bridgehead atoms. The number of nitrogens with zero attached hydrogens (tertiary/aromatic N) is 1. The first-order valence-corrected chi connectivity index (χ1v) is 5.25. The number of hydrogen-bond donors (Lipinski definition) is 1. The Morgan fingerprint density at radius 3 is 2.39 bits per heavy atom. The van der Waals surface area contributed by atoms with Gasteiger partial charge in [0.25, 0.3) is 5.69 Å². The van der Waals surface area contributed by atoms with Crippen LogP contribution in [0.15, 0.2) is 16.6 Å². The van der Waals surface area contributed by atoms with Crippen LogP contribution in [-0.2, 0) is 11.0 Å². The molecule has 18 heavy (non-hydrogen) atoms. The average Bonchev–Trinajstić information content (AvgIpc) is 2.17. The van der Waals surface area contributed by atoms with Crippen molar-refractivity contribution in [1.29, 1.82) is 0 Å². The van der Waals surface area contributed by atoms with Crippen molar-refractivity contribution < 1.29 is 22.9 Å². The fourth-order valence-electron chi connectivity index (χ4n) is 1.27. The Bertz CT molecular complexity index is 517. The molecule has 5 nitrogen and oxygen atoms in total. The number of nitro benzene ring substituents is 1. The molecular formula is C9H6BrF3N2O3. The minimum Gasteiger partial charge on any atom is -0.320 e. The summed E-state index contributed by atoms with van der Waals surface area (Å²) < 4.78 is 38.1. The van der Waals surface area contributed by atoms with E-state index in [0.717, 1.165) is 13.0 Å². The van der Waals surface area contributed by atoms with E-state index in [1.807, 2.05) is 5.32 Å². The topological polar surface area (TPSA) is 72.2 Å². The molecule has 98 valence electrons. The van der Waals surface area contributed by atoms with E-state index in [-0.39, 0.29) is 4.47 Å². The molecule has 0 spiro atoms. The van der Waals surface area contributed by atoms with Gasteiger partial charge >= 0.3 is 6.18 Å². The molecule has 0 heterocycles. The van der Waals surface area contributed by atoms with Crippen molar-refractivity contribution in [1.82, 2.24) is 0 Å². The van der Waals surface area contributed by atoms with Crippen LogP contribution in [0.5, 0.6) is 0 Å². The zero-order valence-electron chi connectivity index (χ0n) is 8.84. The maximum Gasteiger partial charge on any atom is 0.418 e. The molecule has 1 aromatic carbocycles. The third-order valence-corrected chi connectivity index (χ3v) is 2.34. The van der Waals surface area contributed by atoms with E-state index in [1.54, 1.807) is 0 Å². The number of hydrogen-bond acceptors (Lipinski definition) is 3. The normalized spacial score (nSPS) is 11.2. The lowest BCUT2D eigenvalue weighted by Crippen LogP contribution is -2.15. The highest BCUT2D eigenvalue weighted by atomic mass is 79.9. The van der Waals surface area contributed by atoms with Crippen LogP contribution in [0.1, 0.15) is 12.5 Å². The van der Waals surface area contributed by atoms with Crippen molar-refractivity contribution >= 4 is 33.2 Å². The van der Waals surface area contributed by atoms with Gasteiger partial charge in [-0.15, -0.1) is 0 Å². The number of rotatable bonds is 2. The Morgan fingerprint density at radius 2 is 2.00 bits per heavy atom. The predicted molar refractivity (Wildman–Crippen MR) is 60.1 cm³/mol. The molecule has 0 aromatic heterocycles. The van der Waals surface area contributed by atoms with E-state index in [9.17, 15) is 28.1 Å². The van der Waals surface area contributed by atoms with Gasteiger partial charge in [0.05, 0.1) is 10.5 Å². The van der Waals surface area contributed by atoms with Crippen LogP contribution in [0.25, 0.3) is 0 Å². The van der Waals surface area contributed by atoms with Gasteiger partial charge in [-0.3, -0.25) is 14.9 Å². The van der Waals surface area contributed by atoms with Gasteiger partial charge in [-0.2, -0.15) is 13.2 Å². The molecule has 0 radical (unpaired) electrons. The monoisotopic (exact) mass is 326 g/mol. The molecular weight excluding hydrogens is 321 g/mol. The second-order valence-corrected chi connectivity index (χ2v) is 4.20. The van der Waals surface area contributed by atoms with E-state index < -0.39 is 33.9 Å². The first kappa shape index (κ1) is 14.4. The lowest BCUT2D eigenvalue weighted by atomic mass is 10.1. The number of alkyl halides is 3. The molecule has 9 heteroatoms. The van der Waals surface area contributed by atoms with E-state index >= 15 is 0 Å². The van der Waals surface area contributed by atoms with Crippen LogP contribution in [-0.4, -0.2) is 10.8 Å². The number of carbonyl (C=O) groups is 1. The van der Waals surface area contributed by atoms with Gasteiger partial charge in [-0.05, 0) is 6.07 Å². The number of anilines is 1. The zero-order chi connectivity index (χ0) is 14.1. The number of benzene rings is 1. The van der Waals surface area contributed by atoms with Gasteiger partial charge in [0.1, 0.15) is 5.69 Å². The van der Waals surface area contributed by atoms with Crippen molar-refractivity contribution in [3.8, 4) is 0 Å². The highest BCUT2D eigenvalue weighted by molar-refractivity contribution is 9.10. The fourth-order valence-corrected chi connectivity index (χ4v) is 1.71. The lowest BCUT2D eigenvalue weighted by molar-refractivity contribution is -0.384. The number of amides is 1. The van der Waals surface area contributed by atoms with Gasteiger partial charge in [0, 0.05) is 17.5 Å². The molecule has 1 rings (SSSR count). The molecule has 0 saturated heterocycles. The predicted octanol–water partition coefficient (Wildman–Crippen LogP) is 3.33. The molecule has 0 unspecified atom stereocenters. The summed E-state index contributed by atoms with van der Waals surface area (Å²) in [7, 11) is 0. The third-order valence-electron chi connectivity index (χ3n) is 1.89.